The van der Waals surface area contributed by atoms with Gasteiger partial charge in [0.25, 0.3) is 0 Å². The molecule has 0 aliphatic carbocycles. The van der Waals surface area contributed by atoms with Gasteiger partial charge in [0.15, 0.2) is 0 Å². The van der Waals surface area contributed by atoms with Crippen LogP contribution in [0, 0.1) is 0 Å². The van der Waals surface area contributed by atoms with E-state index < -0.39 is 10.0 Å². The number of methoxy groups -OCH3 is 1. The number of piperidine rings is 1. The van der Waals surface area contributed by atoms with Crippen LogP contribution in [-0.4, -0.2) is 65.1 Å². The van der Waals surface area contributed by atoms with Crippen molar-refractivity contribution in [3.8, 4) is 0 Å². The van der Waals surface area contributed by atoms with Crippen molar-refractivity contribution in [3.63, 3.8) is 0 Å². The summed E-state index contributed by atoms with van der Waals surface area (Å²) < 4.78 is 31.8. The molecule has 0 atom stereocenters. The van der Waals surface area contributed by atoms with Gasteiger partial charge in [-0.2, -0.15) is 4.31 Å². The van der Waals surface area contributed by atoms with Crippen LogP contribution in [0.15, 0.2) is 29.2 Å². The van der Waals surface area contributed by atoms with Crippen molar-refractivity contribution < 1.29 is 17.9 Å². The van der Waals surface area contributed by atoms with E-state index >= 15 is 0 Å². The molecule has 2 N–H and O–H groups in total. The van der Waals surface area contributed by atoms with Crippen molar-refractivity contribution in [2.24, 2.45) is 0 Å². The van der Waals surface area contributed by atoms with Gasteiger partial charge in [-0.3, -0.25) is 4.79 Å². The van der Waals surface area contributed by atoms with E-state index in [-0.39, 0.29) is 18.3 Å². The van der Waals surface area contributed by atoms with Gasteiger partial charge in [-0.05, 0) is 37.0 Å². The molecule has 1 aromatic rings. The van der Waals surface area contributed by atoms with Crippen LogP contribution in [0.3, 0.4) is 0 Å². The Bertz CT molecular complexity index is 677. The van der Waals surface area contributed by atoms with Crippen molar-refractivity contribution in [1.82, 2.24) is 14.9 Å². The summed E-state index contributed by atoms with van der Waals surface area (Å²) in [7, 11) is -1.74. The van der Waals surface area contributed by atoms with Gasteiger partial charge in [-0.25, -0.2) is 8.42 Å². The number of halogens is 1. The molecule has 1 fully saturated rings. The molecular formula is C19H32ClN3O4S. The SMILES string of the molecule is COCCNCCNC(=O)CCc1ccc(S(=O)(=O)N2CCCCC2)cc1.Cl. The normalized spacial score (nSPS) is 15.0. The van der Waals surface area contributed by atoms with Gasteiger partial charge in [-0.1, -0.05) is 18.6 Å². The molecule has 0 radical (unpaired) electrons. The Morgan fingerprint density at radius 2 is 1.75 bits per heavy atom. The lowest BCUT2D eigenvalue weighted by Gasteiger charge is -2.25. The topological polar surface area (TPSA) is 87.7 Å². The van der Waals surface area contributed by atoms with Gasteiger partial charge >= 0.3 is 0 Å². The number of carbonyl (C=O) groups excluding carboxylic acids is 1. The van der Waals surface area contributed by atoms with E-state index in [9.17, 15) is 13.2 Å². The van der Waals surface area contributed by atoms with E-state index in [1.807, 2.05) is 0 Å². The van der Waals surface area contributed by atoms with Crippen molar-refractivity contribution >= 4 is 28.3 Å². The van der Waals surface area contributed by atoms with Crippen molar-refractivity contribution in [3.05, 3.63) is 29.8 Å². The number of nitrogens with one attached hydrogen (secondary N) is 2. The molecule has 1 aliphatic rings. The molecule has 0 spiro atoms. The number of benzene rings is 1. The van der Waals surface area contributed by atoms with Crippen molar-refractivity contribution in [2.75, 3.05) is 46.4 Å². The third-order valence-electron chi connectivity index (χ3n) is 4.62. The number of ether oxygens (including phenoxy) is 1. The van der Waals surface area contributed by atoms with E-state index in [1.165, 1.54) is 0 Å². The van der Waals surface area contributed by atoms with Gasteiger partial charge in [0.2, 0.25) is 15.9 Å². The summed E-state index contributed by atoms with van der Waals surface area (Å²) in [5.41, 5.74) is 0.959. The smallest absolute Gasteiger partial charge is 0.243 e. The molecule has 1 aromatic carbocycles. The summed E-state index contributed by atoms with van der Waals surface area (Å²) in [6.45, 7) is 3.90. The summed E-state index contributed by atoms with van der Waals surface area (Å²) in [6, 6.07) is 6.90. The molecule has 160 valence electrons. The maximum Gasteiger partial charge on any atom is 0.243 e. The van der Waals surface area contributed by atoms with E-state index in [1.54, 1.807) is 35.7 Å². The summed E-state index contributed by atoms with van der Waals surface area (Å²) in [5.74, 6) is -0.00597. The number of aryl methyl sites for hydroxylation is 1. The Kier molecular flexibility index (Phi) is 11.6. The number of carbonyl (C=O) groups is 1. The second kappa shape index (κ2) is 13.1. The maximum atomic E-state index is 12.6. The number of amides is 1. The van der Waals surface area contributed by atoms with Gasteiger partial charge in [0.05, 0.1) is 11.5 Å². The first kappa shape index (κ1) is 24.8. The lowest BCUT2D eigenvalue weighted by atomic mass is 10.1. The molecule has 2 rings (SSSR count). The highest BCUT2D eigenvalue weighted by atomic mass is 35.5. The summed E-state index contributed by atoms with van der Waals surface area (Å²) in [4.78, 5) is 12.2. The molecule has 0 aromatic heterocycles. The largest absolute Gasteiger partial charge is 0.383 e. The minimum absolute atomic E-state index is 0. The quantitative estimate of drug-likeness (QED) is 0.517. The molecular weight excluding hydrogens is 402 g/mol. The first-order valence-corrected chi connectivity index (χ1v) is 11.0. The molecule has 0 bridgehead atoms. The highest BCUT2D eigenvalue weighted by Crippen LogP contribution is 2.21. The van der Waals surface area contributed by atoms with Crippen molar-refractivity contribution in [1.29, 1.82) is 0 Å². The van der Waals surface area contributed by atoms with Crippen LogP contribution < -0.4 is 10.6 Å². The number of hydrogen-bond acceptors (Lipinski definition) is 5. The van der Waals surface area contributed by atoms with Gasteiger partial charge in [-0.15, -0.1) is 12.4 Å². The van der Waals surface area contributed by atoms with Crippen LogP contribution in [-0.2, 0) is 26.0 Å². The second-order valence-electron chi connectivity index (χ2n) is 6.70. The predicted molar refractivity (Wildman–Crippen MR) is 112 cm³/mol. The fourth-order valence-electron chi connectivity index (χ4n) is 3.02. The first-order chi connectivity index (χ1) is 13.0. The van der Waals surface area contributed by atoms with Gasteiger partial charge < -0.3 is 15.4 Å². The van der Waals surface area contributed by atoms with E-state index in [2.05, 4.69) is 10.6 Å². The predicted octanol–water partition coefficient (Wildman–Crippen LogP) is 1.57. The standard InChI is InChI=1S/C19H31N3O4S.ClH/c1-26-16-13-20-11-12-21-19(23)10-7-17-5-8-18(9-6-17)27(24,25)22-14-3-2-4-15-22;/h5-6,8-9,20H,2-4,7,10-16H2,1H3,(H,21,23);1H. The summed E-state index contributed by atoms with van der Waals surface area (Å²) in [5, 5.41) is 6.03. The Hall–Kier alpha value is -1.19. The average molecular weight is 434 g/mol. The zero-order chi connectivity index (χ0) is 19.5. The van der Waals surface area contributed by atoms with Crippen LogP contribution in [0.4, 0.5) is 0 Å². The van der Waals surface area contributed by atoms with Crippen LogP contribution in [0.25, 0.3) is 0 Å². The zero-order valence-electron chi connectivity index (χ0n) is 16.5. The minimum Gasteiger partial charge on any atom is -0.383 e. The van der Waals surface area contributed by atoms with E-state index in [0.717, 1.165) is 31.4 Å². The van der Waals surface area contributed by atoms with Crippen LogP contribution in [0.5, 0.6) is 0 Å². The molecule has 1 aliphatic heterocycles. The lowest BCUT2D eigenvalue weighted by molar-refractivity contribution is -0.121. The first-order valence-electron chi connectivity index (χ1n) is 9.59. The van der Waals surface area contributed by atoms with Gasteiger partial charge in [0.1, 0.15) is 0 Å². The fourth-order valence-corrected chi connectivity index (χ4v) is 4.54. The number of rotatable bonds is 11. The summed E-state index contributed by atoms with van der Waals surface area (Å²) >= 11 is 0. The van der Waals surface area contributed by atoms with Crippen LogP contribution >= 0.6 is 12.4 Å². The minimum atomic E-state index is -3.39. The third-order valence-corrected chi connectivity index (χ3v) is 6.54. The fraction of sp³-hybridized carbons (Fsp3) is 0.632. The van der Waals surface area contributed by atoms with E-state index in [4.69, 9.17) is 4.74 Å². The molecule has 0 unspecified atom stereocenters. The number of nitrogens with zero attached hydrogens (tertiary/aromatic N) is 1. The molecule has 1 amide bonds. The molecule has 1 heterocycles. The Morgan fingerprint density at radius 1 is 1.07 bits per heavy atom. The Morgan fingerprint density at radius 3 is 2.39 bits per heavy atom. The molecule has 28 heavy (non-hydrogen) atoms. The Labute approximate surface area is 174 Å². The summed E-state index contributed by atoms with van der Waals surface area (Å²) in [6.07, 6.45) is 3.92. The van der Waals surface area contributed by atoms with E-state index in [0.29, 0.717) is 50.5 Å². The average Bonchev–Trinajstić information content (AvgIpc) is 2.70. The molecule has 7 nitrogen and oxygen atoms in total. The third kappa shape index (κ3) is 8.05. The highest BCUT2D eigenvalue weighted by molar-refractivity contribution is 7.89. The van der Waals surface area contributed by atoms with Gasteiger partial charge in [0, 0.05) is 46.3 Å². The maximum absolute atomic E-state index is 12.6. The molecule has 0 saturated carbocycles. The lowest BCUT2D eigenvalue weighted by Crippen LogP contribution is -2.35. The van der Waals surface area contributed by atoms with Crippen LogP contribution in [0.1, 0.15) is 31.2 Å². The Balaban J connectivity index is 0.00000392. The monoisotopic (exact) mass is 433 g/mol. The molecule has 1 saturated heterocycles. The number of sulfonamides is 1. The van der Waals surface area contributed by atoms with Crippen LogP contribution in [0.2, 0.25) is 0 Å². The van der Waals surface area contributed by atoms with Crippen molar-refractivity contribution in [2.45, 2.75) is 37.0 Å². The number of hydrogen-bond donors (Lipinski definition) is 2. The molecule has 9 heteroatoms. The zero-order valence-corrected chi connectivity index (χ0v) is 18.1. The second-order valence-corrected chi connectivity index (χ2v) is 8.64. The highest BCUT2D eigenvalue weighted by Gasteiger charge is 2.25.